The second kappa shape index (κ2) is 8.66. The molecule has 0 unspecified atom stereocenters. The lowest BCUT2D eigenvalue weighted by molar-refractivity contribution is -0.115. The van der Waals surface area contributed by atoms with E-state index in [9.17, 15) is 9.18 Å². The van der Waals surface area contributed by atoms with Gasteiger partial charge < -0.3 is 5.32 Å². The minimum absolute atomic E-state index is 0.157. The Balaban J connectivity index is 1.78. The molecule has 1 N–H and O–H groups in total. The summed E-state index contributed by atoms with van der Waals surface area (Å²) in [6, 6.07) is 6.06. The maximum Gasteiger partial charge on any atom is 0.239 e. The van der Waals surface area contributed by atoms with Gasteiger partial charge in [0.05, 0.1) is 10.9 Å². The zero-order chi connectivity index (χ0) is 20.3. The van der Waals surface area contributed by atoms with E-state index in [1.807, 2.05) is 18.4 Å². The van der Waals surface area contributed by atoms with Crippen LogP contribution in [0.3, 0.4) is 0 Å². The Morgan fingerprint density at radius 3 is 2.68 bits per heavy atom. The third-order valence-electron chi connectivity index (χ3n) is 4.04. The van der Waals surface area contributed by atoms with Gasteiger partial charge in [-0.2, -0.15) is 0 Å². The molecule has 3 aromatic rings. The molecule has 1 atom stereocenters. The van der Waals surface area contributed by atoms with Crippen molar-refractivity contribution >= 4 is 34.1 Å². The van der Waals surface area contributed by atoms with E-state index in [0.717, 1.165) is 16.1 Å². The second-order valence-corrected chi connectivity index (χ2v) is 8.63. The van der Waals surface area contributed by atoms with Crippen LogP contribution in [-0.2, 0) is 11.3 Å². The van der Waals surface area contributed by atoms with Crippen LogP contribution >= 0.6 is 23.1 Å². The number of carbonyl (C=O) groups is 1. The lowest BCUT2D eigenvalue weighted by Crippen LogP contribution is -2.22. The maximum absolute atomic E-state index is 13.2. The van der Waals surface area contributed by atoms with Crippen molar-refractivity contribution in [3.8, 4) is 11.4 Å². The fourth-order valence-corrected chi connectivity index (χ4v) is 4.10. The first-order valence-corrected chi connectivity index (χ1v) is 10.3. The Morgan fingerprint density at radius 1 is 1.36 bits per heavy atom. The number of aromatic nitrogens is 4. The number of amides is 1. The number of allylic oxidation sites excluding steroid dienone is 1. The van der Waals surface area contributed by atoms with Gasteiger partial charge in [0, 0.05) is 17.0 Å². The monoisotopic (exact) mass is 417 g/mol. The van der Waals surface area contributed by atoms with Crippen LogP contribution in [0.5, 0.6) is 0 Å². The minimum Gasteiger partial charge on any atom is -0.301 e. The van der Waals surface area contributed by atoms with Crippen molar-refractivity contribution in [3.63, 3.8) is 0 Å². The van der Waals surface area contributed by atoms with E-state index < -0.39 is 5.25 Å². The average Bonchev–Trinajstić information content (AvgIpc) is 3.19. The summed E-state index contributed by atoms with van der Waals surface area (Å²) in [6.07, 6.45) is 1.73. The quantitative estimate of drug-likeness (QED) is 0.454. The number of thiazole rings is 1. The summed E-state index contributed by atoms with van der Waals surface area (Å²) in [5, 5.41) is 12.1. The van der Waals surface area contributed by atoms with Gasteiger partial charge in [-0.05, 0) is 45.0 Å². The van der Waals surface area contributed by atoms with Crippen LogP contribution in [0, 0.1) is 19.7 Å². The van der Waals surface area contributed by atoms with Gasteiger partial charge in [0.15, 0.2) is 16.1 Å². The summed E-state index contributed by atoms with van der Waals surface area (Å²) >= 11 is 2.75. The molecule has 0 aliphatic carbocycles. The average molecular weight is 418 g/mol. The van der Waals surface area contributed by atoms with Gasteiger partial charge >= 0.3 is 0 Å². The largest absolute Gasteiger partial charge is 0.301 e. The number of anilines is 1. The standard InChI is InChI=1S/C19H20FN5OS2/c1-5-10-25-16(14-6-8-15(20)9-7-14)23-24-19(25)28-13(4)17(26)22-18-21-11(2)12(3)27-18/h5-9,13H,1,10H2,2-4H3,(H,21,22,26)/t13-/m1/s1. The van der Waals surface area contributed by atoms with E-state index >= 15 is 0 Å². The van der Waals surface area contributed by atoms with Crippen LogP contribution in [0.15, 0.2) is 42.1 Å². The molecule has 1 amide bonds. The van der Waals surface area contributed by atoms with Gasteiger partial charge in [-0.15, -0.1) is 28.1 Å². The number of hydrogen-bond acceptors (Lipinski definition) is 6. The Morgan fingerprint density at radius 2 is 2.07 bits per heavy atom. The summed E-state index contributed by atoms with van der Waals surface area (Å²) in [4.78, 5) is 17.9. The van der Waals surface area contributed by atoms with Crippen molar-refractivity contribution in [2.75, 3.05) is 5.32 Å². The van der Waals surface area contributed by atoms with E-state index in [2.05, 4.69) is 27.1 Å². The number of nitrogens with zero attached hydrogens (tertiary/aromatic N) is 4. The normalized spacial score (nSPS) is 12.0. The number of rotatable bonds is 7. The topological polar surface area (TPSA) is 72.7 Å². The van der Waals surface area contributed by atoms with Crippen molar-refractivity contribution in [1.82, 2.24) is 19.7 Å². The minimum atomic E-state index is -0.404. The second-order valence-electron chi connectivity index (χ2n) is 6.12. The first-order chi connectivity index (χ1) is 13.4. The van der Waals surface area contributed by atoms with Gasteiger partial charge in [-0.3, -0.25) is 9.36 Å². The Bertz CT molecular complexity index is 977. The van der Waals surface area contributed by atoms with Gasteiger partial charge in [-0.1, -0.05) is 17.8 Å². The predicted octanol–water partition coefficient (Wildman–Crippen LogP) is 4.46. The highest BCUT2D eigenvalue weighted by Gasteiger charge is 2.21. The Hall–Kier alpha value is -2.52. The van der Waals surface area contributed by atoms with E-state index in [4.69, 9.17) is 0 Å². The molecule has 1 aromatic carbocycles. The predicted molar refractivity (Wildman–Crippen MR) is 111 cm³/mol. The molecule has 2 heterocycles. The summed E-state index contributed by atoms with van der Waals surface area (Å²) in [5.74, 6) is 0.127. The highest BCUT2D eigenvalue weighted by Crippen LogP contribution is 2.28. The molecule has 0 fully saturated rings. The number of hydrogen-bond donors (Lipinski definition) is 1. The molecular weight excluding hydrogens is 397 g/mol. The molecule has 6 nitrogen and oxygen atoms in total. The smallest absolute Gasteiger partial charge is 0.239 e. The lowest BCUT2D eigenvalue weighted by Gasteiger charge is -2.12. The molecule has 0 bridgehead atoms. The van der Waals surface area contributed by atoms with E-state index in [1.54, 1.807) is 25.1 Å². The third kappa shape index (κ3) is 4.48. The number of nitrogens with one attached hydrogen (secondary N) is 1. The molecule has 0 spiro atoms. The summed E-state index contributed by atoms with van der Waals surface area (Å²) in [6.45, 7) is 9.93. The van der Waals surface area contributed by atoms with Crippen LogP contribution in [-0.4, -0.2) is 30.9 Å². The van der Waals surface area contributed by atoms with Crippen LogP contribution in [0.1, 0.15) is 17.5 Å². The molecule has 0 aliphatic rings. The molecule has 2 aromatic heterocycles. The van der Waals surface area contributed by atoms with Gasteiger partial charge in [-0.25, -0.2) is 9.37 Å². The molecule has 0 saturated heterocycles. The molecule has 0 saturated carbocycles. The number of halogens is 1. The Labute approximate surface area is 170 Å². The number of benzene rings is 1. The highest BCUT2D eigenvalue weighted by molar-refractivity contribution is 8.00. The molecule has 28 heavy (non-hydrogen) atoms. The fourth-order valence-electron chi connectivity index (χ4n) is 2.43. The first kappa shape index (κ1) is 20.2. The van der Waals surface area contributed by atoms with Crippen molar-refractivity contribution in [3.05, 3.63) is 53.3 Å². The summed E-state index contributed by atoms with van der Waals surface area (Å²) in [5.41, 5.74) is 1.66. The van der Waals surface area contributed by atoms with Crippen molar-refractivity contribution in [2.24, 2.45) is 0 Å². The van der Waals surface area contributed by atoms with E-state index in [0.29, 0.717) is 22.7 Å². The summed E-state index contributed by atoms with van der Waals surface area (Å²) in [7, 11) is 0. The number of carbonyl (C=O) groups excluding carboxylic acids is 1. The van der Waals surface area contributed by atoms with Crippen molar-refractivity contribution < 1.29 is 9.18 Å². The van der Waals surface area contributed by atoms with Gasteiger partial charge in [0.25, 0.3) is 0 Å². The lowest BCUT2D eigenvalue weighted by atomic mass is 10.2. The number of aryl methyl sites for hydroxylation is 2. The maximum atomic E-state index is 13.2. The third-order valence-corrected chi connectivity index (χ3v) is 6.11. The van der Waals surface area contributed by atoms with Gasteiger partial charge in [0.1, 0.15) is 5.82 Å². The highest BCUT2D eigenvalue weighted by atomic mass is 32.2. The molecule has 9 heteroatoms. The van der Waals surface area contributed by atoms with Crippen molar-refractivity contribution in [1.29, 1.82) is 0 Å². The van der Waals surface area contributed by atoms with E-state index in [-0.39, 0.29) is 11.7 Å². The summed E-state index contributed by atoms with van der Waals surface area (Å²) < 4.78 is 15.1. The molecule has 0 aliphatic heterocycles. The SMILES string of the molecule is C=CCn1c(S[C@H](C)C(=O)Nc2nc(C)c(C)s2)nnc1-c1ccc(F)cc1. The van der Waals surface area contributed by atoms with Crippen LogP contribution in [0.4, 0.5) is 9.52 Å². The zero-order valence-corrected chi connectivity index (χ0v) is 17.4. The molecule has 0 radical (unpaired) electrons. The Kier molecular flexibility index (Phi) is 6.25. The van der Waals surface area contributed by atoms with Crippen molar-refractivity contribution in [2.45, 2.75) is 37.7 Å². The zero-order valence-electron chi connectivity index (χ0n) is 15.8. The fraction of sp³-hybridized carbons (Fsp3) is 0.263. The van der Waals surface area contributed by atoms with E-state index in [1.165, 1.54) is 35.2 Å². The van der Waals surface area contributed by atoms with Crippen LogP contribution in [0.2, 0.25) is 0 Å². The van der Waals surface area contributed by atoms with Gasteiger partial charge in [0.2, 0.25) is 5.91 Å². The van der Waals surface area contributed by atoms with Crippen LogP contribution < -0.4 is 5.32 Å². The molecule has 146 valence electrons. The number of thioether (sulfide) groups is 1. The first-order valence-electron chi connectivity index (χ1n) is 8.60. The van der Waals surface area contributed by atoms with Crippen LogP contribution in [0.25, 0.3) is 11.4 Å². The molecular formula is C19H20FN5OS2. The molecule has 3 rings (SSSR count).